The molecule has 130 valence electrons. The number of nitrogens with one attached hydrogen (secondary N) is 1. The Morgan fingerprint density at radius 1 is 1.16 bits per heavy atom. The van der Waals surface area contributed by atoms with Crippen LogP contribution in [-0.4, -0.2) is 32.5 Å². The summed E-state index contributed by atoms with van der Waals surface area (Å²) in [4.78, 5) is 25.7. The first-order chi connectivity index (χ1) is 11.7. The topological polar surface area (TPSA) is 83.6 Å². The van der Waals surface area contributed by atoms with Crippen molar-refractivity contribution in [1.29, 1.82) is 0 Å². The monoisotopic (exact) mass is 366 g/mol. The van der Waals surface area contributed by atoms with Crippen LogP contribution >= 0.6 is 0 Å². The molecule has 0 aromatic heterocycles. The molecule has 0 bridgehead atoms. The lowest BCUT2D eigenvalue weighted by Gasteiger charge is -2.30. The zero-order valence-electron chi connectivity index (χ0n) is 12.9. The van der Waals surface area contributed by atoms with Gasteiger partial charge in [0.25, 0.3) is 11.8 Å². The molecule has 25 heavy (non-hydrogen) atoms. The van der Waals surface area contributed by atoms with Crippen LogP contribution in [0, 0.1) is 11.6 Å². The van der Waals surface area contributed by atoms with Gasteiger partial charge in [0.1, 0.15) is 11.6 Å². The molecule has 0 aliphatic carbocycles. The van der Waals surface area contributed by atoms with Gasteiger partial charge in [0, 0.05) is 13.1 Å². The van der Waals surface area contributed by atoms with E-state index in [4.69, 9.17) is 0 Å². The zero-order valence-corrected chi connectivity index (χ0v) is 13.7. The van der Waals surface area contributed by atoms with Crippen molar-refractivity contribution < 1.29 is 26.8 Å². The molecule has 9 heteroatoms. The Labute approximate surface area is 142 Å². The van der Waals surface area contributed by atoms with E-state index in [0.29, 0.717) is 6.07 Å². The summed E-state index contributed by atoms with van der Waals surface area (Å²) in [7, 11) is -2.96. The maximum absolute atomic E-state index is 13.7. The van der Waals surface area contributed by atoms with Gasteiger partial charge in [0.05, 0.1) is 16.3 Å². The minimum atomic E-state index is -4.31. The Balaban J connectivity index is 2.01. The fraction of sp³-hybridized carbons (Fsp3) is 0.125. The van der Waals surface area contributed by atoms with Crippen LogP contribution in [0.4, 0.5) is 20.2 Å². The van der Waals surface area contributed by atoms with Gasteiger partial charge in [-0.25, -0.2) is 17.2 Å². The molecular formula is C16H12F2N2O4S. The molecule has 1 unspecified atom stereocenters. The number of benzene rings is 2. The highest BCUT2D eigenvalue weighted by atomic mass is 32.2. The maximum Gasteiger partial charge on any atom is 0.255 e. The van der Waals surface area contributed by atoms with Gasteiger partial charge in [-0.2, -0.15) is 0 Å². The summed E-state index contributed by atoms with van der Waals surface area (Å²) in [6, 6.07) is 8.14. The third-order valence-electron chi connectivity index (χ3n) is 3.83. The van der Waals surface area contributed by atoms with Crippen molar-refractivity contribution in [3.63, 3.8) is 0 Å². The smallest absolute Gasteiger partial charge is 0.255 e. The number of para-hydroxylation sites is 1. The van der Waals surface area contributed by atoms with Crippen LogP contribution in [0.1, 0.15) is 0 Å². The summed E-state index contributed by atoms with van der Waals surface area (Å²) in [5.41, 5.74) is -0.263. The third kappa shape index (κ3) is 2.76. The number of hydrogen-bond donors (Lipinski definition) is 1. The van der Waals surface area contributed by atoms with Gasteiger partial charge >= 0.3 is 0 Å². The molecule has 1 aliphatic rings. The van der Waals surface area contributed by atoms with Crippen LogP contribution in [-0.2, 0) is 19.4 Å². The van der Waals surface area contributed by atoms with Gasteiger partial charge in [0.2, 0.25) is 15.1 Å². The number of hydrogen-bond acceptors (Lipinski definition) is 4. The summed E-state index contributed by atoms with van der Waals surface area (Å²) < 4.78 is 52.0. The largest absolute Gasteiger partial charge is 0.322 e. The molecule has 0 radical (unpaired) electrons. The standard InChI is InChI=1S/C16H12F2N2O4S/c1-20-12-4-2-3-5-13(12)25(23,24)14(16(20)22)15(21)19-11-7-6-9(17)8-10(11)18/h2-8,14H,1H3,(H,19,21). The first-order valence-electron chi connectivity index (χ1n) is 7.10. The van der Waals surface area contributed by atoms with E-state index in [1.807, 2.05) is 5.32 Å². The van der Waals surface area contributed by atoms with E-state index in [9.17, 15) is 26.8 Å². The number of rotatable bonds is 2. The van der Waals surface area contributed by atoms with Crippen LogP contribution in [0.15, 0.2) is 47.4 Å². The fourth-order valence-electron chi connectivity index (χ4n) is 2.57. The van der Waals surface area contributed by atoms with Gasteiger partial charge < -0.3 is 10.2 Å². The van der Waals surface area contributed by atoms with E-state index >= 15 is 0 Å². The Morgan fingerprint density at radius 2 is 1.84 bits per heavy atom. The predicted molar refractivity (Wildman–Crippen MR) is 85.8 cm³/mol. The molecule has 3 rings (SSSR count). The highest BCUT2D eigenvalue weighted by molar-refractivity contribution is 7.94. The first kappa shape index (κ1) is 17.0. The van der Waals surface area contributed by atoms with Crippen molar-refractivity contribution in [2.24, 2.45) is 0 Å². The molecule has 0 saturated carbocycles. The van der Waals surface area contributed by atoms with Crippen molar-refractivity contribution in [2.45, 2.75) is 10.1 Å². The quantitative estimate of drug-likeness (QED) is 0.821. The molecule has 2 aromatic rings. The van der Waals surface area contributed by atoms with Crippen LogP contribution in [0.3, 0.4) is 0 Å². The van der Waals surface area contributed by atoms with Gasteiger partial charge in [-0.05, 0) is 24.3 Å². The molecule has 0 spiro atoms. The second kappa shape index (κ2) is 5.92. The van der Waals surface area contributed by atoms with E-state index in [0.717, 1.165) is 17.0 Å². The summed E-state index contributed by atoms with van der Waals surface area (Å²) in [5.74, 6) is -4.11. The minimum absolute atomic E-state index is 0.157. The van der Waals surface area contributed by atoms with E-state index in [-0.39, 0.29) is 10.6 Å². The molecule has 0 fully saturated rings. The number of halogens is 2. The van der Waals surface area contributed by atoms with E-state index in [1.165, 1.54) is 25.2 Å². The van der Waals surface area contributed by atoms with Gasteiger partial charge in [-0.15, -0.1) is 0 Å². The lowest BCUT2D eigenvalue weighted by atomic mass is 10.2. The summed E-state index contributed by atoms with van der Waals surface area (Å²) in [5, 5.41) is -0.0212. The Hall–Kier alpha value is -2.81. The Bertz CT molecular complexity index is 991. The lowest BCUT2D eigenvalue weighted by molar-refractivity contribution is -0.124. The molecule has 1 N–H and O–H groups in total. The van der Waals surface area contributed by atoms with E-state index in [2.05, 4.69) is 0 Å². The minimum Gasteiger partial charge on any atom is -0.322 e. The summed E-state index contributed by atoms with van der Waals surface area (Å²) in [6.07, 6.45) is 0. The third-order valence-corrected chi connectivity index (χ3v) is 5.82. The Morgan fingerprint density at radius 3 is 2.52 bits per heavy atom. The molecule has 2 aromatic carbocycles. The van der Waals surface area contributed by atoms with Crippen molar-refractivity contribution in [3.8, 4) is 0 Å². The number of amides is 2. The van der Waals surface area contributed by atoms with Crippen LogP contribution < -0.4 is 10.2 Å². The highest BCUT2D eigenvalue weighted by Crippen LogP contribution is 2.34. The van der Waals surface area contributed by atoms with Crippen molar-refractivity contribution in [3.05, 3.63) is 54.1 Å². The van der Waals surface area contributed by atoms with Crippen LogP contribution in [0.25, 0.3) is 0 Å². The van der Waals surface area contributed by atoms with Crippen LogP contribution in [0.2, 0.25) is 0 Å². The number of anilines is 2. The predicted octanol–water partition coefficient (Wildman–Crippen LogP) is 1.72. The van der Waals surface area contributed by atoms with Crippen molar-refractivity contribution >= 4 is 33.0 Å². The summed E-state index contributed by atoms with van der Waals surface area (Å²) >= 11 is 0. The van der Waals surface area contributed by atoms with Crippen molar-refractivity contribution in [2.75, 3.05) is 17.3 Å². The Kier molecular flexibility index (Phi) is 4.03. The average molecular weight is 366 g/mol. The maximum atomic E-state index is 13.7. The highest BCUT2D eigenvalue weighted by Gasteiger charge is 2.47. The molecular weight excluding hydrogens is 354 g/mol. The number of sulfone groups is 1. The fourth-order valence-corrected chi connectivity index (χ4v) is 4.35. The molecule has 1 aliphatic heterocycles. The van der Waals surface area contributed by atoms with Gasteiger partial charge in [0.15, 0.2) is 0 Å². The molecule has 1 atom stereocenters. The first-order valence-corrected chi connectivity index (χ1v) is 8.64. The summed E-state index contributed by atoms with van der Waals surface area (Å²) in [6.45, 7) is 0. The van der Waals surface area contributed by atoms with E-state index < -0.39 is 44.2 Å². The number of carbonyl (C=O) groups excluding carboxylic acids is 2. The second-order valence-corrected chi connectivity index (χ2v) is 7.40. The molecule has 6 nitrogen and oxygen atoms in total. The SMILES string of the molecule is CN1C(=O)C(C(=O)Nc2ccc(F)cc2F)S(=O)(=O)c2ccccc21. The van der Waals surface area contributed by atoms with E-state index in [1.54, 1.807) is 6.07 Å². The lowest BCUT2D eigenvalue weighted by Crippen LogP contribution is -2.51. The molecule has 2 amide bonds. The molecule has 0 saturated heterocycles. The number of fused-ring (bicyclic) bond motifs is 1. The molecule has 1 heterocycles. The van der Waals surface area contributed by atoms with Gasteiger partial charge in [-0.3, -0.25) is 9.59 Å². The van der Waals surface area contributed by atoms with Gasteiger partial charge in [-0.1, -0.05) is 12.1 Å². The number of carbonyl (C=O) groups is 2. The average Bonchev–Trinajstić information content (AvgIpc) is 2.55. The van der Waals surface area contributed by atoms with Crippen LogP contribution in [0.5, 0.6) is 0 Å². The van der Waals surface area contributed by atoms with Crippen molar-refractivity contribution in [1.82, 2.24) is 0 Å². The normalized spacial score (nSPS) is 18.6. The zero-order chi connectivity index (χ0) is 18.4. The second-order valence-electron chi connectivity index (χ2n) is 5.40. The number of nitrogens with zero attached hydrogens (tertiary/aromatic N) is 1.